The lowest BCUT2D eigenvalue weighted by Gasteiger charge is -2.32. The van der Waals surface area contributed by atoms with Crippen molar-refractivity contribution in [3.8, 4) is 0 Å². The highest BCUT2D eigenvalue weighted by molar-refractivity contribution is 6.62. The van der Waals surface area contributed by atoms with Crippen LogP contribution in [-0.4, -0.2) is 41.5 Å². The number of aliphatic carboxylic acids is 1. The van der Waals surface area contributed by atoms with Crippen LogP contribution < -0.4 is 10.8 Å². The van der Waals surface area contributed by atoms with E-state index in [4.69, 9.17) is 14.4 Å². The summed E-state index contributed by atoms with van der Waals surface area (Å²) in [5, 5.41) is 12.2. The Morgan fingerprint density at radius 3 is 2.33 bits per heavy atom. The molecule has 1 saturated heterocycles. The molecule has 0 atom stereocenters. The van der Waals surface area contributed by atoms with Gasteiger partial charge >= 0.3 is 13.1 Å². The van der Waals surface area contributed by atoms with Crippen molar-refractivity contribution in [1.29, 1.82) is 0 Å². The minimum absolute atomic E-state index is 0.360. The van der Waals surface area contributed by atoms with E-state index in [1.54, 1.807) is 13.8 Å². The first-order valence-corrected chi connectivity index (χ1v) is 8.37. The predicted molar refractivity (Wildman–Crippen MR) is 95.6 cm³/mol. The van der Waals surface area contributed by atoms with E-state index in [-0.39, 0.29) is 18.3 Å². The van der Waals surface area contributed by atoms with Crippen molar-refractivity contribution < 1.29 is 19.2 Å². The molecule has 2 rings (SSSR count). The van der Waals surface area contributed by atoms with Crippen LogP contribution in [0.1, 0.15) is 47.1 Å². The van der Waals surface area contributed by atoms with Crippen LogP contribution in [0.25, 0.3) is 0 Å². The molecule has 24 heavy (non-hydrogen) atoms. The van der Waals surface area contributed by atoms with Crippen molar-refractivity contribution in [2.45, 2.75) is 64.7 Å². The minimum atomic E-state index is -0.927. The van der Waals surface area contributed by atoms with Gasteiger partial charge in [-0.3, -0.25) is 4.79 Å². The normalized spacial score (nSPS) is 19.5. The fraction of sp³-hybridized carbons (Fsp3) is 0.611. The van der Waals surface area contributed by atoms with Crippen molar-refractivity contribution >= 4 is 18.6 Å². The summed E-state index contributed by atoms with van der Waals surface area (Å²) in [7, 11) is -0.377. The number of carbonyl (C=O) groups is 1. The molecule has 0 aliphatic carbocycles. The molecular formula is C18H28BNO4. The van der Waals surface area contributed by atoms with Gasteiger partial charge in [-0.1, -0.05) is 24.3 Å². The van der Waals surface area contributed by atoms with Crippen LogP contribution in [0, 0.1) is 0 Å². The van der Waals surface area contributed by atoms with Crippen LogP contribution >= 0.6 is 0 Å². The third-order valence-corrected chi connectivity index (χ3v) is 4.99. The Kier molecular flexibility index (Phi) is 5.14. The summed E-state index contributed by atoms with van der Waals surface area (Å²) < 4.78 is 12.2. The second kappa shape index (κ2) is 6.50. The molecular weight excluding hydrogens is 305 g/mol. The fourth-order valence-electron chi connectivity index (χ4n) is 2.47. The summed E-state index contributed by atoms with van der Waals surface area (Å²) in [6.45, 7) is 12.1. The Morgan fingerprint density at radius 2 is 1.79 bits per heavy atom. The van der Waals surface area contributed by atoms with Gasteiger partial charge < -0.3 is 19.7 Å². The van der Waals surface area contributed by atoms with Crippen molar-refractivity contribution in [2.24, 2.45) is 0 Å². The van der Waals surface area contributed by atoms with E-state index in [1.807, 2.05) is 45.9 Å². The molecule has 1 aromatic rings. The highest BCUT2D eigenvalue weighted by atomic mass is 16.7. The first kappa shape index (κ1) is 19.0. The average molecular weight is 333 g/mol. The maximum absolute atomic E-state index is 11.1. The molecule has 0 bridgehead atoms. The zero-order valence-corrected chi connectivity index (χ0v) is 15.5. The monoisotopic (exact) mass is 333 g/mol. The SMILES string of the molecule is CC(C)(NCCc1cccc(B2OC(C)(C)C(C)(C)O2)c1)C(=O)O. The Hall–Kier alpha value is -1.37. The highest BCUT2D eigenvalue weighted by Gasteiger charge is 2.51. The number of hydrogen-bond donors (Lipinski definition) is 2. The Morgan fingerprint density at radius 1 is 1.21 bits per heavy atom. The Balaban J connectivity index is 2.02. The van der Waals surface area contributed by atoms with E-state index < -0.39 is 11.5 Å². The molecule has 5 nitrogen and oxygen atoms in total. The molecule has 0 radical (unpaired) electrons. The molecule has 0 spiro atoms. The molecule has 0 unspecified atom stereocenters. The van der Waals surface area contributed by atoms with Crippen LogP contribution in [0.4, 0.5) is 0 Å². The van der Waals surface area contributed by atoms with Crippen molar-refractivity contribution in [2.75, 3.05) is 6.54 Å². The number of nitrogens with one attached hydrogen (secondary N) is 1. The molecule has 0 amide bonds. The van der Waals surface area contributed by atoms with E-state index in [0.717, 1.165) is 17.4 Å². The van der Waals surface area contributed by atoms with Crippen LogP contribution in [0.2, 0.25) is 0 Å². The second-order valence-electron chi connectivity index (χ2n) is 7.94. The van der Waals surface area contributed by atoms with Crippen molar-refractivity contribution in [1.82, 2.24) is 5.32 Å². The first-order valence-electron chi connectivity index (χ1n) is 8.37. The van der Waals surface area contributed by atoms with Gasteiger partial charge in [-0.2, -0.15) is 0 Å². The topological polar surface area (TPSA) is 67.8 Å². The van der Waals surface area contributed by atoms with Crippen LogP contribution in [0.15, 0.2) is 24.3 Å². The molecule has 2 N–H and O–H groups in total. The summed E-state index contributed by atoms with van der Waals surface area (Å²) in [5.74, 6) is -0.853. The van der Waals surface area contributed by atoms with E-state index in [1.165, 1.54) is 0 Å². The standard InChI is InChI=1S/C18H28BNO4/c1-16(2,15(21)22)20-11-10-13-8-7-9-14(12-13)19-23-17(3,4)18(5,6)24-19/h7-9,12,20H,10-11H2,1-6H3,(H,21,22). The molecule has 0 saturated carbocycles. The van der Waals surface area contributed by atoms with Crippen molar-refractivity contribution in [3.05, 3.63) is 29.8 Å². The van der Waals surface area contributed by atoms with E-state index in [2.05, 4.69) is 11.4 Å². The van der Waals surface area contributed by atoms with E-state index in [0.29, 0.717) is 6.54 Å². The molecule has 1 aromatic carbocycles. The van der Waals surface area contributed by atoms with Gasteiger partial charge in [0.05, 0.1) is 11.2 Å². The number of rotatable bonds is 6. The zero-order chi connectivity index (χ0) is 18.2. The second-order valence-corrected chi connectivity index (χ2v) is 7.94. The third-order valence-electron chi connectivity index (χ3n) is 4.99. The summed E-state index contributed by atoms with van der Waals surface area (Å²) >= 11 is 0. The smallest absolute Gasteiger partial charge is 0.480 e. The molecule has 0 aromatic heterocycles. The largest absolute Gasteiger partial charge is 0.494 e. The first-order chi connectivity index (χ1) is 10.9. The van der Waals surface area contributed by atoms with Crippen LogP contribution in [0.5, 0.6) is 0 Å². The Labute approximate surface area is 144 Å². The van der Waals surface area contributed by atoms with Crippen LogP contribution in [-0.2, 0) is 20.5 Å². The van der Waals surface area contributed by atoms with Crippen molar-refractivity contribution in [3.63, 3.8) is 0 Å². The van der Waals surface area contributed by atoms with Gasteiger partial charge in [-0.15, -0.1) is 0 Å². The molecule has 1 heterocycles. The van der Waals surface area contributed by atoms with Gasteiger partial charge in [-0.25, -0.2) is 0 Å². The number of hydrogen-bond acceptors (Lipinski definition) is 4. The summed E-state index contributed by atoms with van der Waals surface area (Å²) in [4.78, 5) is 11.1. The van der Waals surface area contributed by atoms with Gasteiger partial charge in [0.2, 0.25) is 0 Å². The maximum atomic E-state index is 11.1. The average Bonchev–Trinajstić information content (AvgIpc) is 2.67. The lowest BCUT2D eigenvalue weighted by molar-refractivity contribution is -0.143. The van der Waals surface area contributed by atoms with Crippen LogP contribution in [0.3, 0.4) is 0 Å². The lowest BCUT2D eigenvalue weighted by atomic mass is 9.78. The molecule has 6 heteroatoms. The maximum Gasteiger partial charge on any atom is 0.494 e. The molecule has 132 valence electrons. The zero-order valence-electron chi connectivity index (χ0n) is 15.5. The number of carboxylic acid groups (broad SMARTS) is 1. The van der Waals surface area contributed by atoms with Gasteiger partial charge in [0, 0.05) is 6.54 Å². The van der Waals surface area contributed by atoms with E-state index in [9.17, 15) is 4.79 Å². The number of carboxylic acids is 1. The number of benzene rings is 1. The fourth-order valence-corrected chi connectivity index (χ4v) is 2.47. The van der Waals surface area contributed by atoms with Gasteiger partial charge in [0.15, 0.2) is 0 Å². The summed E-state index contributed by atoms with van der Waals surface area (Å²) in [6.07, 6.45) is 0.740. The summed E-state index contributed by atoms with van der Waals surface area (Å²) in [5.41, 5.74) is 0.463. The van der Waals surface area contributed by atoms with E-state index >= 15 is 0 Å². The predicted octanol–water partition coefficient (Wildman–Crippen LogP) is 1.98. The molecule has 1 fully saturated rings. The summed E-state index contributed by atoms with van der Waals surface area (Å²) in [6, 6.07) is 8.08. The molecule has 1 aliphatic heterocycles. The van der Waals surface area contributed by atoms with Gasteiger partial charge in [-0.05, 0) is 59.0 Å². The quantitative estimate of drug-likeness (QED) is 0.779. The van der Waals surface area contributed by atoms with Gasteiger partial charge in [0.1, 0.15) is 5.54 Å². The molecule has 1 aliphatic rings. The van der Waals surface area contributed by atoms with Gasteiger partial charge in [0.25, 0.3) is 0 Å². The Bertz CT molecular complexity index is 597. The highest BCUT2D eigenvalue weighted by Crippen LogP contribution is 2.36. The minimum Gasteiger partial charge on any atom is -0.480 e. The third kappa shape index (κ3) is 3.99. The lowest BCUT2D eigenvalue weighted by Crippen LogP contribution is -2.47.